The first-order valence-corrected chi connectivity index (χ1v) is 9.38. The lowest BCUT2D eigenvalue weighted by molar-refractivity contribution is 0.132. The maximum Gasteiger partial charge on any atom is 0.220 e. The summed E-state index contributed by atoms with van der Waals surface area (Å²) in [6.07, 6.45) is 2.59. The average Bonchev–Trinajstić information content (AvgIpc) is 3.11. The van der Waals surface area contributed by atoms with E-state index in [-0.39, 0.29) is 5.75 Å². The molecule has 1 atom stereocenters. The van der Waals surface area contributed by atoms with E-state index in [1.807, 2.05) is 0 Å². The van der Waals surface area contributed by atoms with Crippen molar-refractivity contribution in [2.75, 3.05) is 45.8 Å². The van der Waals surface area contributed by atoms with Crippen molar-refractivity contribution in [3.05, 3.63) is 18.0 Å². The Hall–Kier alpha value is -0.960. The van der Waals surface area contributed by atoms with Gasteiger partial charge in [-0.1, -0.05) is 12.1 Å². The predicted octanol–water partition coefficient (Wildman–Crippen LogP) is 0.122. The molecule has 2 aliphatic heterocycles. The van der Waals surface area contributed by atoms with Crippen molar-refractivity contribution in [3.8, 4) is 0 Å². The zero-order valence-electron chi connectivity index (χ0n) is 13.0. The second-order valence-electron chi connectivity index (χ2n) is 6.66. The van der Waals surface area contributed by atoms with Gasteiger partial charge in [0.1, 0.15) is 12.0 Å². The van der Waals surface area contributed by atoms with Crippen molar-refractivity contribution in [1.82, 2.24) is 19.7 Å². The number of sulfonamides is 1. The van der Waals surface area contributed by atoms with Crippen LogP contribution >= 0.6 is 0 Å². The van der Waals surface area contributed by atoms with Gasteiger partial charge in [0.25, 0.3) is 0 Å². The summed E-state index contributed by atoms with van der Waals surface area (Å²) in [6.45, 7) is 8.20. The highest BCUT2D eigenvalue weighted by Gasteiger charge is 2.33. The van der Waals surface area contributed by atoms with Gasteiger partial charge in [0.15, 0.2) is 0 Å². The van der Waals surface area contributed by atoms with Crippen LogP contribution in [0.2, 0.25) is 0 Å². The number of hydrogen-bond acceptors (Lipinski definition) is 6. The van der Waals surface area contributed by atoms with E-state index >= 15 is 0 Å². The van der Waals surface area contributed by atoms with Crippen LogP contribution in [0.1, 0.15) is 19.0 Å². The second-order valence-corrected chi connectivity index (χ2v) is 8.63. The molecular weight excluding hydrogens is 304 g/mol. The number of aromatic nitrogens is 1. The van der Waals surface area contributed by atoms with Gasteiger partial charge in [0.05, 0.1) is 5.69 Å². The smallest absolute Gasteiger partial charge is 0.220 e. The average molecular weight is 328 g/mol. The van der Waals surface area contributed by atoms with Gasteiger partial charge >= 0.3 is 0 Å². The Labute approximate surface area is 131 Å². The van der Waals surface area contributed by atoms with E-state index in [1.165, 1.54) is 12.7 Å². The van der Waals surface area contributed by atoms with Crippen LogP contribution in [0.15, 0.2) is 16.9 Å². The molecule has 8 heteroatoms. The van der Waals surface area contributed by atoms with E-state index < -0.39 is 10.0 Å². The summed E-state index contributed by atoms with van der Waals surface area (Å²) >= 11 is 0. The van der Waals surface area contributed by atoms with Crippen molar-refractivity contribution in [1.29, 1.82) is 0 Å². The Bertz CT molecular complexity index is 573. The fourth-order valence-corrected chi connectivity index (χ4v) is 4.72. The van der Waals surface area contributed by atoms with Gasteiger partial charge in [0, 0.05) is 45.3 Å². The molecule has 1 N–H and O–H groups in total. The van der Waals surface area contributed by atoms with Crippen LogP contribution in [-0.4, -0.2) is 68.6 Å². The van der Waals surface area contributed by atoms with Crippen LogP contribution in [-0.2, 0) is 15.8 Å². The molecule has 2 saturated heterocycles. The maximum atomic E-state index is 12.4. The molecule has 3 heterocycles. The molecule has 0 bridgehead atoms. The van der Waals surface area contributed by atoms with Crippen LogP contribution < -0.4 is 5.32 Å². The van der Waals surface area contributed by atoms with Crippen molar-refractivity contribution < 1.29 is 12.9 Å². The fraction of sp³-hybridized carbons (Fsp3) is 0.786. The van der Waals surface area contributed by atoms with E-state index in [9.17, 15) is 8.42 Å². The van der Waals surface area contributed by atoms with Crippen LogP contribution in [0.4, 0.5) is 0 Å². The molecule has 1 aromatic rings. The molecule has 124 valence electrons. The molecule has 3 rings (SSSR count). The Balaban J connectivity index is 1.52. The second kappa shape index (κ2) is 6.27. The monoisotopic (exact) mass is 328 g/mol. The number of hydrogen-bond donors (Lipinski definition) is 1. The first-order chi connectivity index (χ1) is 10.5. The lowest BCUT2D eigenvalue weighted by Crippen LogP contribution is -2.51. The van der Waals surface area contributed by atoms with Crippen LogP contribution in [0.25, 0.3) is 0 Å². The largest absolute Gasteiger partial charge is 0.364 e. The molecule has 0 aliphatic carbocycles. The summed E-state index contributed by atoms with van der Waals surface area (Å²) in [4.78, 5) is 2.38. The number of nitrogens with one attached hydrogen (secondary N) is 1. The van der Waals surface area contributed by atoms with E-state index in [1.54, 1.807) is 10.4 Å². The molecular formula is C14H24N4O3S. The lowest BCUT2D eigenvalue weighted by Gasteiger charge is -2.38. The van der Waals surface area contributed by atoms with E-state index in [0.29, 0.717) is 24.2 Å². The molecule has 0 saturated carbocycles. The van der Waals surface area contributed by atoms with Crippen molar-refractivity contribution in [3.63, 3.8) is 0 Å². The molecule has 0 aromatic carbocycles. The highest BCUT2D eigenvalue weighted by Crippen LogP contribution is 2.26. The first kappa shape index (κ1) is 15.9. The van der Waals surface area contributed by atoms with E-state index in [4.69, 9.17) is 4.52 Å². The van der Waals surface area contributed by atoms with Gasteiger partial charge in [-0.2, -0.15) is 4.31 Å². The maximum absolute atomic E-state index is 12.4. The summed E-state index contributed by atoms with van der Waals surface area (Å²) < 4.78 is 31.0. The molecule has 1 aromatic heterocycles. The minimum Gasteiger partial charge on any atom is -0.364 e. The van der Waals surface area contributed by atoms with Crippen LogP contribution in [0.5, 0.6) is 0 Å². The molecule has 1 unspecified atom stereocenters. The minimum absolute atomic E-state index is 0.0782. The summed E-state index contributed by atoms with van der Waals surface area (Å²) in [5, 5.41) is 7.10. The summed E-state index contributed by atoms with van der Waals surface area (Å²) in [7, 11) is -3.30. The third-order valence-electron chi connectivity index (χ3n) is 4.61. The molecule has 0 amide bonds. The molecule has 0 radical (unpaired) electrons. The van der Waals surface area contributed by atoms with Crippen LogP contribution in [0.3, 0.4) is 0 Å². The quantitative estimate of drug-likeness (QED) is 0.827. The zero-order valence-corrected chi connectivity index (χ0v) is 13.8. The first-order valence-electron chi connectivity index (χ1n) is 7.77. The van der Waals surface area contributed by atoms with Crippen molar-refractivity contribution >= 4 is 10.0 Å². The number of rotatable bonds is 5. The van der Waals surface area contributed by atoms with E-state index in [2.05, 4.69) is 22.3 Å². The van der Waals surface area contributed by atoms with E-state index in [0.717, 1.165) is 32.7 Å². The van der Waals surface area contributed by atoms with Gasteiger partial charge in [-0.25, -0.2) is 8.42 Å². The third kappa shape index (κ3) is 3.68. The van der Waals surface area contributed by atoms with Gasteiger partial charge in [-0.3, -0.25) is 0 Å². The molecule has 2 aliphatic rings. The van der Waals surface area contributed by atoms with Gasteiger partial charge in [-0.15, -0.1) is 0 Å². The highest BCUT2D eigenvalue weighted by atomic mass is 32.2. The Kier molecular flexibility index (Phi) is 4.54. The Morgan fingerprint density at radius 1 is 1.36 bits per heavy atom. The predicted molar refractivity (Wildman–Crippen MR) is 82.7 cm³/mol. The van der Waals surface area contributed by atoms with Crippen molar-refractivity contribution in [2.24, 2.45) is 5.41 Å². The standard InChI is InChI=1S/C14H24N4O3S/c1-14(3-4-15-11-14)12-17-5-7-18(8-6-17)22(19,20)10-13-2-9-21-16-13/h2,9,15H,3-8,10-12H2,1H3. The normalized spacial score (nSPS) is 28.2. The Morgan fingerprint density at radius 2 is 2.14 bits per heavy atom. The summed E-state index contributed by atoms with van der Waals surface area (Å²) in [5.41, 5.74) is 0.786. The molecule has 22 heavy (non-hydrogen) atoms. The van der Waals surface area contributed by atoms with Gasteiger partial charge < -0.3 is 14.7 Å². The number of nitrogens with zero attached hydrogens (tertiary/aromatic N) is 3. The highest BCUT2D eigenvalue weighted by molar-refractivity contribution is 7.88. The summed E-state index contributed by atoms with van der Waals surface area (Å²) in [5.74, 6) is -0.0782. The van der Waals surface area contributed by atoms with Crippen LogP contribution in [0, 0.1) is 5.41 Å². The van der Waals surface area contributed by atoms with Crippen molar-refractivity contribution in [2.45, 2.75) is 19.1 Å². The zero-order chi connectivity index (χ0) is 15.6. The lowest BCUT2D eigenvalue weighted by atomic mass is 9.89. The molecule has 2 fully saturated rings. The van der Waals surface area contributed by atoms with Gasteiger partial charge in [-0.05, 0) is 18.4 Å². The molecule has 7 nitrogen and oxygen atoms in total. The third-order valence-corrected chi connectivity index (χ3v) is 6.42. The Morgan fingerprint density at radius 3 is 2.73 bits per heavy atom. The minimum atomic E-state index is -3.30. The molecule has 0 spiro atoms. The summed E-state index contributed by atoms with van der Waals surface area (Å²) in [6, 6.07) is 1.60. The fourth-order valence-electron chi connectivity index (χ4n) is 3.30. The number of piperazine rings is 1. The van der Waals surface area contributed by atoms with Gasteiger partial charge in [0.2, 0.25) is 10.0 Å². The SMILES string of the molecule is CC1(CN2CCN(S(=O)(=O)Cc3ccon3)CC2)CCNC1. The topological polar surface area (TPSA) is 78.7 Å².